The number of amides is 2. The summed E-state index contributed by atoms with van der Waals surface area (Å²) in [7, 11) is 1.35. The minimum Gasteiger partial charge on any atom is -0.494 e. The van der Waals surface area contributed by atoms with E-state index in [4.69, 9.17) is 9.47 Å². The molecule has 0 spiro atoms. The van der Waals surface area contributed by atoms with Crippen LogP contribution >= 0.6 is 0 Å². The zero-order valence-electron chi connectivity index (χ0n) is 17.3. The third-order valence-corrected chi connectivity index (χ3v) is 4.20. The number of imide groups is 1. The van der Waals surface area contributed by atoms with Crippen molar-refractivity contribution in [1.29, 1.82) is 0 Å². The van der Waals surface area contributed by atoms with Crippen molar-refractivity contribution in [3.05, 3.63) is 71.0 Å². The Labute approximate surface area is 174 Å². The summed E-state index contributed by atoms with van der Waals surface area (Å²) in [6, 6.07) is 11.1. The van der Waals surface area contributed by atoms with Gasteiger partial charge in [0, 0.05) is 11.6 Å². The van der Waals surface area contributed by atoms with Gasteiger partial charge in [-0.3, -0.25) is 14.9 Å². The van der Waals surface area contributed by atoms with Crippen molar-refractivity contribution in [2.75, 3.05) is 13.7 Å². The highest BCUT2D eigenvalue weighted by Gasteiger charge is 2.16. The molecule has 0 unspecified atom stereocenters. The van der Waals surface area contributed by atoms with Gasteiger partial charge in [0.25, 0.3) is 11.8 Å². The molecule has 0 saturated heterocycles. The van der Waals surface area contributed by atoms with E-state index in [1.807, 2.05) is 12.1 Å². The molecule has 0 radical (unpaired) electrons. The molecule has 0 aromatic heterocycles. The van der Waals surface area contributed by atoms with Gasteiger partial charge < -0.3 is 9.47 Å². The molecule has 0 aliphatic heterocycles. The number of carbonyl (C=O) groups is 3. The van der Waals surface area contributed by atoms with Crippen molar-refractivity contribution < 1.29 is 28.2 Å². The second kappa shape index (κ2) is 9.82. The molecule has 0 bridgehead atoms. The summed E-state index contributed by atoms with van der Waals surface area (Å²) >= 11 is 0. The van der Waals surface area contributed by atoms with Crippen molar-refractivity contribution in [2.45, 2.75) is 26.2 Å². The van der Waals surface area contributed by atoms with Gasteiger partial charge in [0.15, 0.2) is 18.2 Å². The SMILES string of the molecule is COc1ccc(/C=C/C(=O)OCC(=O)NC(=O)c2ccc(C(C)(C)C)cc2)cc1F. The molecule has 2 aromatic rings. The highest BCUT2D eigenvalue weighted by molar-refractivity contribution is 6.05. The number of esters is 1. The maximum absolute atomic E-state index is 13.6. The number of hydrogen-bond acceptors (Lipinski definition) is 5. The Kier molecular flexibility index (Phi) is 7.47. The normalized spacial score (nSPS) is 11.2. The molecule has 0 saturated carbocycles. The third kappa shape index (κ3) is 6.55. The molecule has 2 aromatic carbocycles. The van der Waals surface area contributed by atoms with E-state index in [2.05, 4.69) is 26.1 Å². The summed E-state index contributed by atoms with van der Waals surface area (Å²) in [6.45, 7) is 5.55. The molecule has 0 aliphatic rings. The van der Waals surface area contributed by atoms with Crippen molar-refractivity contribution in [2.24, 2.45) is 0 Å². The van der Waals surface area contributed by atoms with Crippen LogP contribution in [0.15, 0.2) is 48.5 Å². The minimum absolute atomic E-state index is 0.0515. The van der Waals surface area contributed by atoms with Crippen LogP contribution < -0.4 is 10.1 Å². The Balaban J connectivity index is 1.84. The molecule has 1 N–H and O–H groups in total. The number of nitrogens with one attached hydrogen (secondary N) is 1. The minimum atomic E-state index is -0.802. The Morgan fingerprint density at radius 1 is 1.07 bits per heavy atom. The average molecular weight is 413 g/mol. The van der Waals surface area contributed by atoms with E-state index in [0.29, 0.717) is 11.1 Å². The lowest BCUT2D eigenvalue weighted by Crippen LogP contribution is -2.34. The first-order chi connectivity index (χ1) is 14.1. The summed E-state index contributed by atoms with van der Waals surface area (Å²) < 4.78 is 23.2. The second-order valence-corrected chi connectivity index (χ2v) is 7.54. The average Bonchev–Trinajstić information content (AvgIpc) is 2.70. The van der Waals surface area contributed by atoms with Gasteiger partial charge in [-0.15, -0.1) is 0 Å². The Morgan fingerprint density at radius 3 is 2.30 bits per heavy atom. The van der Waals surface area contributed by atoms with Crippen molar-refractivity contribution in [3.8, 4) is 5.75 Å². The van der Waals surface area contributed by atoms with Gasteiger partial charge in [-0.05, 0) is 46.9 Å². The fraction of sp³-hybridized carbons (Fsp3) is 0.261. The Morgan fingerprint density at radius 2 is 1.73 bits per heavy atom. The second-order valence-electron chi connectivity index (χ2n) is 7.54. The van der Waals surface area contributed by atoms with Crippen molar-refractivity contribution in [1.82, 2.24) is 5.32 Å². The maximum atomic E-state index is 13.6. The van der Waals surface area contributed by atoms with Gasteiger partial charge in [0.05, 0.1) is 7.11 Å². The fourth-order valence-corrected chi connectivity index (χ4v) is 2.49. The highest BCUT2D eigenvalue weighted by Crippen LogP contribution is 2.22. The largest absolute Gasteiger partial charge is 0.494 e. The fourth-order valence-electron chi connectivity index (χ4n) is 2.49. The van der Waals surface area contributed by atoms with E-state index >= 15 is 0 Å². The van der Waals surface area contributed by atoms with Gasteiger partial charge in [-0.1, -0.05) is 39.0 Å². The van der Waals surface area contributed by atoms with E-state index in [-0.39, 0.29) is 11.2 Å². The van der Waals surface area contributed by atoms with Crippen LogP contribution in [0, 0.1) is 5.82 Å². The van der Waals surface area contributed by atoms with Crippen LogP contribution in [0.3, 0.4) is 0 Å². The number of benzene rings is 2. The Hall–Kier alpha value is -3.48. The summed E-state index contributed by atoms with van der Waals surface area (Å²) in [5, 5.41) is 2.16. The summed E-state index contributed by atoms with van der Waals surface area (Å²) in [6.07, 6.45) is 2.40. The smallest absolute Gasteiger partial charge is 0.331 e. The highest BCUT2D eigenvalue weighted by atomic mass is 19.1. The van der Waals surface area contributed by atoms with Gasteiger partial charge in [0.2, 0.25) is 0 Å². The topological polar surface area (TPSA) is 81.7 Å². The number of rotatable bonds is 6. The molecule has 30 heavy (non-hydrogen) atoms. The first-order valence-corrected chi connectivity index (χ1v) is 9.23. The molecule has 7 heteroatoms. The maximum Gasteiger partial charge on any atom is 0.331 e. The zero-order chi connectivity index (χ0) is 22.3. The van der Waals surface area contributed by atoms with E-state index < -0.39 is 30.2 Å². The quantitative estimate of drug-likeness (QED) is 0.578. The lowest BCUT2D eigenvalue weighted by atomic mass is 9.87. The van der Waals surface area contributed by atoms with Crippen LogP contribution in [0.4, 0.5) is 4.39 Å². The summed E-state index contributed by atoms with van der Waals surface area (Å²) in [5.74, 6) is -2.62. The van der Waals surface area contributed by atoms with Gasteiger partial charge >= 0.3 is 5.97 Å². The summed E-state index contributed by atoms with van der Waals surface area (Å²) in [4.78, 5) is 35.7. The van der Waals surface area contributed by atoms with E-state index in [9.17, 15) is 18.8 Å². The van der Waals surface area contributed by atoms with E-state index in [0.717, 1.165) is 11.6 Å². The zero-order valence-corrected chi connectivity index (χ0v) is 17.3. The van der Waals surface area contributed by atoms with Crippen LogP contribution in [0.5, 0.6) is 5.75 Å². The van der Waals surface area contributed by atoms with Crippen LogP contribution in [0.25, 0.3) is 6.08 Å². The summed E-state index contributed by atoms with van der Waals surface area (Å²) in [5.41, 5.74) is 1.75. The Bertz CT molecular complexity index is 959. The van der Waals surface area contributed by atoms with Crippen LogP contribution in [0.1, 0.15) is 42.3 Å². The number of hydrogen-bond donors (Lipinski definition) is 1. The molecule has 2 amide bonds. The molecule has 0 fully saturated rings. The van der Waals surface area contributed by atoms with Crippen LogP contribution in [0.2, 0.25) is 0 Å². The third-order valence-electron chi connectivity index (χ3n) is 4.20. The molecule has 6 nitrogen and oxygen atoms in total. The van der Waals surface area contributed by atoms with Crippen LogP contribution in [-0.2, 0) is 19.7 Å². The molecular formula is C23H24FNO5. The molecule has 0 aliphatic carbocycles. The first kappa shape index (κ1) is 22.8. The molecule has 2 rings (SSSR count). The monoisotopic (exact) mass is 413 g/mol. The number of halogens is 1. The predicted molar refractivity (Wildman–Crippen MR) is 111 cm³/mol. The van der Waals surface area contributed by atoms with Gasteiger partial charge in [-0.2, -0.15) is 0 Å². The standard InChI is InChI=1S/C23H24FNO5/c1-23(2,3)17-9-7-16(8-10-17)22(28)25-20(26)14-30-21(27)12-6-15-5-11-19(29-4)18(24)13-15/h5-13H,14H2,1-4H3,(H,25,26,28)/b12-6+. The molecular weight excluding hydrogens is 389 g/mol. The van der Waals surface area contributed by atoms with Crippen molar-refractivity contribution >= 4 is 23.9 Å². The van der Waals surface area contributed by atoms with Gasteiger partial charge in [-0.25, -0.2) is 9.18 Å². The van der Waals surface area contributed by atoms with E-state index in [1.165, 1.54) is 25.3 Å². The lowest BCUT2D eigenvalue weighted by molar-refractivity contribution is -0.143. The van der Waals surface area contributed by atoms with Gasteiger partial charge in [0.1, 0.15) is 0 Å². The van der Waals surface area contributed by atoms with Crippen LogP contribution in [-0.4, -0.2) is 31.5 Å². The van der Waals surface area contributed by atoms with E-state index in [1.54, 1.807) is 18.2 Å². The lowest BCUT2D eigenvalue weighted by Gasteiger charge is -2.18. The van der Waals surface area contributed by atoms with Crippen molar-refractivity contribution in [3.63, 3.8) is 0 Å². The number of carbonyl (C=O) groups excluding carboxylic acids is 3. The number of methoxy groups -OCH3 is 1. The predicted octanol–water partition coefficient (Wildman–Crippen LogP) is 3.64. The molecule has 0 heterocycles. The number of ether oxygens (including phenoxy) is 2. The first-order valence-electron chi connectivity index (χ1n) is 9.23. The molecule has 158 valence electrons. The molecule has 0 atom stereocenters.